The molecule has 1 unspecified atom stereocenters. The van der Waals surface area contributed by atoms with Crippen molar-refractivity contribution in [2.75, 3.05) is 0 Å². The topological polar surface area (TPSA) is 66.4 Å². The summed E-state index contributed by atoms with van der Waals surface area (Å²) >= 11 is 0. The maximum Gasteiger partial charge on any atom is 0.303 e. The zero-order valence-corrected chi connectivity index (χ0v) is 12.6. The third kappa shape index (κ3) is 5.03. The molecule has 1 rings (SSSR count). The fraction of sp³-hybridized carbons (Fsp3) is 0.500. The Hall–Kier alpha value is -1.84. The summed E-state index contributed by atoms with van der Waals surface area (Å²) in [4.78, 5) is 22.5. The minimum absolute atomic E-state index is 0.0575. The lowest BCUT2D eigenvalue weighted by atomic mass is 9.97. The van der Waals surface area contributed by atoms with Crippen LogP contribution in [-0.4, -0.2) is 23.0 Å². The molecule has 0 aliphatic heterocycles. The molecule has 1 amide bonds. The molecule has 0 fully saturated rings. The van der Waals surface area contributed by atoms with Crippen LogP contribution in [0.4, 0.5) is 0 Å². The first-order chi connectivity index (χ1) is 9.29. The van der Waals surface area contributed by atoms with E-state index in [9.17, 15) is 9.59 Å². The molecule has 4 nitrogen and oxygen atoms in total. The quantitative estimate of drug-likeness (QED) is 0.839. The lowest BCUT2D eigenvalue weighted by Gasteiger charge is -2.15. The Morgan fingerprint density at radius 1 is 1.20 bits per heavy atom. The van der Waals surface area contributed by atoms with Gasteiger partial charge in [0.1, 0.15) is 0 Å². The molecule has 0 spiro atoms. The van der Waals surface area contributed by atoms with Crippen LogP contribution in [0.5, 0.6) is 0 Å². The Morgan fingerprint density at radius 3 is 2.25 bits per heavy atom. The second kappa shape index (κ2) is 7.08. The molecule has 0 bridgehead atoms. The summed E-state index contributed by atoms with van der Waals surface area (Å²) in [5.41, 5.74) is 4.49. The van der Waals surface area contributed by atoms with Crippen molar-refractivity contribution in [2.45, 2.75) is 53.0 Å². The van der Waals surface area contributed by atoms with Gasteiger partial charge in [-0.1, -0.05) is 17.7 Å². The molecule has 0 aliphatic carbocycles. The van der Waals surface area contributed by atoms with E-state index in [1.165, 1.54) is 5.56 Å². The molecule has 2 N–H and O–H groups in total. The van der Waals surface area contributed by atoms with Gasteiger partial charge < -0.3 is 10.4 Å². The number of carbonyl (C=O) groups excluding carboxylic acids is 1. The van der Waals surface area contributed by atoms with Crippen LogP contribution in [0.25, 0.3) is 0 Å². The number of rotatable bonds is 6. The van der Waals surface area contributed by atoms with Crippen LogP contribution in [0.3, 0.4) is 0 Å². The van der Waals surface area contributed by atoms with Gasteiger partial charge in [0, 0.05) is 12.5 Å². The highest BCUT2D eigenvalue weighted by atomic mass is 16.4. The highest BCUT2D eigenvalue weighted by molar-refractivity contribution is 5.79. The van der Waals surface area contributed by atoms with E-state index in [2.05, 4.69) is 17.4 Å². The molecule has 0 heterocycles. The SMILES string of the molecule is Cc1cc(C)c(CC(=O)NC(C)CCC(=O)O)c(C)c1. The fourth-order valence-corrected chi connectivity index (χ4v) is 2.39. The van der Waals surface area contributed by atoms with Crippen molar-refractivity contribution in [3.8, 4) is 0 Å². The van der Waals surface area contributed by atoms with E-state index in [0.29, 0.717) is 12.8 Å². The zero-order chi connectivity index (χ0) is 15.3. The van der Waals surface area contributed by atoms with Crippen LogP contribution in [-0.2, 0) is 16.0 Å². The van der Waals surface area contributed by atoms with E-state index in [1.807, 2.05) is 27.7 Å². The molecule has 0 aliphatic rings. The van der Waals surface area contributed by atoms with Crippen molar-refractivity contribution < 1.29 is 14.7 Å². The number of carboxylic acids is 1. The molecule has 1 aromatic rings. The number of nitrogens with one attached hydrogen (secondary N) is 1. The molecule has 1 aromatic carbocycles. The van der Waals surface area contributed by atoms with E-state index in [1.54, 1.807) is 0 Å². The summed E-state index contributed by atoms with van der Waals surface area (Å²) in [6.07, 6.45) is 0.867. The predicted molar refractivity (Wildman–Crippen MR) is 78.8 cm³/mol. The molecular formula is C16H23NO3. The summed E-state index contributed by atoms with van der Waals surface area (Å²) in [5, 5.41) is 11.5. The van der Waals surface area contributed by atoms with E-state index in [0.717, 1.165) is 16.7 Å². The van der Waals surface area contributed by atoms with Crippen molar-refractivity contribution in [1.82, 2.24) is 5.32 Å². The molecule has 1 atom stereocenters. The number of aryl methyl sites for hydroxylation is 3. The molecular weight excluding hydrogens is 254 g/mol. The van der Waals surface area contributed by atoms with Crippen LogP contribution in [0.2, 0.25) is 0 Å². The fourth-order valence-electron chi connectivity index (χ4n) is 2.39. The summed E-state index contributed by atoms with van der Waals surface area (Å²) < 4.78 is 0. The normalized spacial score (nSPS) is 12.0. The maximum absolute atomic E-state index is 12.0. The van der Waals surface area contributed by atoms with Crippen molar-refractivity contribution in [1.29, 1.82) is 0 Å². The standard InChI is InChI=1S/C16H23NO3/c1-10-7-11(2)14(12(3)8-10)9-15(18)17-13(4)5-6-16(19)20/h7-8,13H,5-6,9H2,1-4H3,(H,17,18)(H,19,20). The summed E-state index contributed by atoms with van der Waals surface area (Å²) in [5.74, 6) is -0.894. The van der Waals surface area contributed by atoms with Gasteiger partial charge >= 0.3 is 5.97 Å². The monoisotopic (exact) mass is 277 g/mol. The van der Waals surface area contributed by atoms with Crippen molar-refractivity contribution in [2.24, 2.45) is 0 Å². The molecule has 20 heavy (non-hydrogen) atoms. The maximum atomic E-state index is 12.0. The average Bonchev–Trinajstić information content (AvgIpc) is 2.31. The smallest absolute Gasteiger partial charge is 0.303 e. The number of hydrogen-bond donors (Lipinski definition) is 2. The molecule has 110 valence electrons. The number of carboxylic acid groups (broad SMARTS) is 1. The summed E-state index contributed by atoms with van der Waals surface area (Å²) in [7, 11) is 0. The van der Waals surface area contributed by atoms with Crippen molar-refractivity contribution >= 4 is 11.9 Å². The third-order valence-electron chi connectivity index (χ3n) is 3.38. The van der Waals surface area contributed by atoms with Crippen LogP contribution in [0, 0.1) is 20.8 Å². The number of carbonyl (C=O) groups is 2. The lowest BCUT2D eigenvalue weighted by molar-refractivity contribution is -0.137. The second-order valence-electron chi connectivity index (χ2n) is 5.46. The number of hydrogen-bond acceptors (Lipinski definition) is 2. The molecule has 4 heteroatoms. The molecule has 0 saturated heterocycles. The molecule has 0 saturated carbocycles. The Labute approximate surface area is 120 Å². The van der Waals surface area contributed by atoms with Gasteiger partial charge in [-0.3, -0.25) is 9.59 Å². The Balaban J connectivity index is 2.61. The predicted octanol–water partition coefficient (Wildman–Crippen LogP) is 2.52. The van der Waals surface area contributed by atoms with Gasteiger partial charge in [-0.15, -0.1) is 0 Å². The third-order valence-corrected chi connectivity index (χ3v) is 3.38. The second-order valence-corrected chi connectivity index (χ2v) is 5.46. The first-order valence-electron chi connectivity index (χ1n) is 6.87. The minimum Gasteiger partial charge on any atom is -0.481 e. The lowest BCUT2D eigenvalue weighted by Crippen LogP contribution is -2.34. The summed E-state index contributed by atoms with van der Waals surface area (Å²) in [6.45, 7) is 7.89. The number of aliphatic carboxylic acids is 1. The van der Waals surface area contributed by atoms with E-state index >= 15 is 0 Å². The van der Waals surface area contributed by atoms with Gasteiger partial charge in [-0.2, -0.15) is 0 Å². The van der Waals surface area contributed by atoms with E-state index in [-0.39, 0.29) is 18.4 Å². The van der Waals surface area contributed by atoms with Gasteiger partial charge in [0.05, 0.1) is 6.42 Å². The van der Waals surface area contributed by atoms with Gasteiger partial charge in [-0.25, -0.2) is 0 Å². The largest absolute Gasteiger partial charge is 0.481 e. The number of amides is 1. The van der Waals surface area contributed by atoms with Crippen LogP contribution >= 0.6 is 0 Å². The minimum atomic E-state index is -0.837. The van der Waals surface area contributed by atoms with Crippen molar-refractivity contribution in [3.05, 3.63) is 34.4 Å². The van der Waals surface area contributed by atoms with E-state index < -0.39 is 5.97 Å². The summed E-state index contributed by atoms with van der Waals surface area (Å²) in [6, 6.07) is 4.03. The van der Waals surface area contributed by atoms with Crippen LogP contribution < -0.4 is 5.32 Å². The van der Waals surface area contributed by atoms with Crippen LogP contribution in [0.15, 0.2) is 12.1 Å². The Morgan fingerprint density at radius 2 is 1.75 bits per heavy atom. The van der Waals surface area contributed by atoms with Gasteiger partial charge in [-0.05, 0) is 50.8 Å². The Kier molecular flexibility index (Phi) is 5.74. The number of benzene rings is 1. The van der Waals surface area contributed by atoms with Gasteiger partial charge in [0.2, 0.25) is 5.91 Å². The van der Waals surface area contributed by atoms with Gasteiger partial charge in [0.25, 0.3) is 0 Å². The van der Waals surface area contributed by atoms with E-state index in [4.69, 9.17) is 5.11 Å². The highest BCUT2D eigenvalue weighted by Crippen LogP contribution is 2.17. The molecule has 0 aromatic heterocycles. The molecule has 0 radical (unpaired) electrons. The Bertz CT molecular complexity index is 485. The first kappa shape index (κ1) is 16.2. The highest BCUT2D eigenvalue weighted by Gasteiger charge is 2.12. The van der Waals surface area contributed by atoms with Gasteiger partial charge in [0.15, 0.2) is 0 Å². The van der Waals surface area contributed by atoms with Crippen LogP contribution in [0.1, 0.15) is 42.0 Å². The van der Waals surface area contributed by atoms with Crippen molar-refractivity contribution in [3.63, 3.8) is 0 Å². The zero-order valence-electron chi connectivity index (χ0n) is 12.6. The first-order valence-corrected chi connectivity index (χ1v) is 6.87. The average molecular weight is 277 g/mol.